The summed E-state index contributed by atoms with van der Waals surface area (Å²) in [4.78, 5) is 0. The molecule has 0 bridgehead atoms. The number of aromatic hydroxyl groups is 1. The first-order valence-electron chi connectivity index (χ1n) is 5.02. The van der Waals surface area contributed by atoms with Crippen molar-refractivity contribution in [3.63, 3.8) is 0 Å². The van der Waals surface area contributed by atoms with Crippen molar-refractivity contribution in [1.29, 1.82) is 0 Å². The molecule has 1 aromatic carbocycles. The van der Waals surface area contributed by atoms with Crippen molar-refractivity contribution >= 4 is 15.9 Å². The zero-order chi connectivity index (χ0) is 11.0. The first-order chi connectivity index (χ1) is 7.11. The maximum atomic E-state index is 9.87. The van der Waals surface area contributed by atoms with Crippen LogP contribution in [0.4, 0.5) is 0 Å². The van der Waals surface area contributed by atoms with E-state index in [1.165, 1.54) is 0 Å². The number of para-hydroxylation sites is 1. The molecule has 3 nitrogen and oxygen atoms in total. The molecule has 4 N–H and O–H groups in total. The van der Waals surface area contributed by atoms with Gasteiger partial charge in [-0.25, -0.2) is 0 Å². The van der Waals surface area contributed by atoms with Crippen LogP contribution in [0.15, 0.2) is 22.7 Å². The van der Waals surface area contributed by atoms with E-state index >= 15 is 0 Å². The molecule has 0 aromatic heterocycles. The Morgan fingerprint density at radius 1 is 1.40 bits per heavy atom. The number of halogens is 1. The first-order valence-corrected chi connectivity index (χ1v) is 5.81. The van der Waals surface area contributed by atoms with Crippen LogP contribution in [0.25, 0.3) is 0 Å². The molecule has 1 aliphatic carbocycles. The minimum absolute atomic E-state index is 0.129. The van der Waals surface area contributed by atoms with Gasteiger partial charge < -0.3 is 15.9 Å². The first kappa shape index (κ1) is 10.9. The van der Waals surface area contributed by atoms with Gasteiger partial charge in [0.05, 0.1) is 16.6 Å². The summed E-state index contributed by atoms with van der Waals surface area (Å²) in [5.41, 5.74) is 6.52. The van der Waals surface area contributed by atoms with E-state index in [9.17, 15) is 10.2 Å². The fourth-order valence-corrected chi connectivity index (χ4v) is 2.10. The summed E-state index contributed by atoms with van der Waals surface area (Å²) in [6, 6.07) is 4.79. The normalized spacial score (nSPS) is 19.9. The molecule has 0 heterocycles. The predicted octanol–water partition coefficient (Wildman–Crippen LogP) is 1.93. The van der Waals surface area contributed by atoms with Crippen molar-refractivity contribution in [2.75, 3.05) is 0 Å². The molecule has 1 aliphatic rings. The van der Waals surface area contributed by atoms with Gasteiger partial charge in [0.25, 0.3) is 0 Å². The summed E-state index contributed by atoms with van der Waals surface area (Å²) >= 11 is 3.23. The lowest BCUT2D eigenvalue weighted by molar-refractivity contribution is 0.121. The van der Waals surface area contributed by atoms with E-state index in [-0.39, 0.29) is 5.75 Å². The molecule has 2 atom stereocenters. The summed E-state index contributed by atoms with van der Waals surface area (Å²) in [6.45, 7) is 0. The average molecular weight is 272 g/mol. The Morgan fingerprint density at radius 2 is 2.07 bits per heavy atom. The molecule has 15 heavy (non-hydrogen) atoms. The number of hydrogen-bond donors (Lipinski definition) is 3. The highest BCUT2D eigenvalue weighted by Crippen LogP contribution is 2.40. The summed E-state index contributed by atoms with van der Waals surface area (Å²) in [6.07, 6.45) is 1.51. The van der Waals surface area contributed by atoms with Crippen LogP contribution < -0.4 is 5.73 Å². The van der Waals surface area contributed by atoms with E-state index in [0.29, 0.717) is 16.0 Å². The lowest BCUT2D eigenvalue weighted by Gasteiger charge is -2.20. The number of hydrogen-bond acceptors (Lipinski definition) is 3. The quantitative estimate of drug-likeness (QED) is 0.787. The van der Waals surface area contributed by atoms with Gasteiger partial charge in [-0.1, -0.05) is 12.1 Å². The van der Waals surface area contributed by atoms with Crippen LogP contribution in [-0.2, 0) is 0 Å². The zero-order valence-corrected chi connectivity index (χ0v) is 9.81. The molecule has 0 aliphatic heterocycles. The third-order valence-corrected chi connectivity index (χ3v) is 3.49. The van der Waals surface area contributed by atoms with E-state index < -0.39 is 12.1 Å². The number of phenolic OH excluding ortho intramolecular Hbond substituents is 1. The number of aliphatic hydroxyl groups is 1. The van der Waals surface area contributed by atoms with E-state index in [1.807, 2.05) is 0 Å². The van der Waals surface area contributed by atoms with E-state index in [0.717, 1.165) is 12.8 Å². The third-order valence-electron chi connectivity index (χ3n) is 2.85. The maximum Gasteiger partial charge on any atom is 0.134 e. The van der Waals surface area contributed by atoms with Crippen molar-refractivity contribution in [3.8, 4) is 5.75 Å². The fourth-order valence-electron chi connectivity index (χ4n) is 1.72. The van der Waals surface area contributed by atoms with Crippen molar-refractivity contribution < 1.29 is 10.2 Å². The van der Waals surface area contributed by atoms with Gasteiger partial charge in [0.2, 0.25) is 0 Å². The number of benzene rings is 1. The second-order valence-corrected chi connectivity index (χ2v) is 4.89. The number of phenols is 1. The second-order valence-electron chi connectivity index (χ2n) is 4.03. The Hall–Kier alpha value is -0.580. The maximum absolute atomic E-state index is 9.87. The summed E-state index contributed by atoms with van der Waals surface area (Å²) in [5, 5.41) is 19.7. The SMILES string of the molecule is N[C@H](c1cccc(Br)c1O)[C@@H](O)C1CC1. The molecule has 1 aromatic rings. The molecule has 2 rings (SSSR count). The Kier molecular flexibility index (Phi) is 3.00. The average Bonchev–Trinajstić information content (AvgIpc) is 3.03. The number of aliphatic hydroxyl groups excluding tert-OH is 1. The predicted molar refractivity (Wildman–Crippen MR) is 61.5 cm³/mol. The molecule has 1 fully saturated rings. The Balaban J connectivity index is 2.24. The van der Waals surface area contributed by atoms with Crippen LogP contribution in [0.1, 0.15) is 24.4 Å². The van der Waals surface area contributed by atoms with Gasteiger partial charge in [-0.3, -0.25) is 0 Å². The molecule has 1 saturated carbocycles. The lowest BCUT2D eigenvalue weighted by Crippen LogP contribution is -2.27. The molecule has 0 unspecified atom stereocenters. The molecule has 0 radical (unpaired) electrons. The smallest absolute Gasteiger partial charge is 0.134 e. The van der Waals surface area contributed by atoms with Crippen molar-refractivity contribution in [3.05, 3.63) is 28.2 Å². The molecular formula is C11H14BrNO2. The van der Waals surface area contributed by atoms with Crippen LogP contribution in [0.3, 0.4) is 0 Å². The summed E-state index contributed by atoms with van der Waals surface area (Å²) in [7, 11) is 0. The monoisotopic (exact) mass is 271 g/mol. The molecule has 0 saturated heterocycles. The standard InChI is InChI=1S/C11H14BrNO2/c12-8-3-1-2-7(11(8)15)9(13)10(14)6-4-5-6/h1-3,6,9-10,14-15H,4-5,13H2/t9-,10+/m1/s1. The van der Waals surface area contributed by atoms with Crippen LogP contribution in [0, 0.1) is 5.92 Å². The van der Waals surface area contributed by atoms with Crippen molar-refractivity contribution in [2.45, 2.75) is 25.0 Å². The highest BCUT2D eigenvalue weighted by atomic mass is 79.9. The lowest BCUT2D eigenvalue weighted by atomic mass is 9.98. The van der Waals surface area contributed by atoms with Crippen molar-refractivity contribution in [1.82, 2.24) is 0 Å². The summed E-state index contributed by atoms with van der Waals surface area (Å²) < 4.78 is 0.610. The van der Waals surface area contributed by atoms with Gasteiger partial charge in [0.15, 0.2) is 0 Å². The summed E-state index contributed by atoms with van der Waals surface area (Å²) in [5.74, 6) is 0.433. The van der Waals surface area contributed by atoms with Crippen LogP contribution >= 0.6 is 15.9 Å². The molecular weight excluding hydrogens is 258 g/mol. The largest absolute Gasteiger partial charge is 0.506 e. The van der Waals surface area contributed by atoms with E-state index in [1.54, 1.807) is 18.2 Å². The second kappa shape index (κ2) is 4.12. The highest BCUT2D eigenvalue weighted by Gasteiger charge is 2.35. The van der Waals surface area contributed by atoms with Crippen LogP contribution in [0.2, 0.25) is 0 Å². The van der Waals surface area contributed by atoms with Gasteiger partial charge in [0, 0.05) is 5.56 Å². The Bertz CT molecular complexity index is 366. The van der Waals surface area contributed by atoms with Crippen LogP contribution in [0.5, 0.6) is 5.75 Å². The van der Waals surface area contributed by atoms with E-state index in [2.05, 4.69) is 15.9 Å². The minimum Gasteiger partial charge on any atom is -0.506 e. The zero-order valence-electron chi connectivity index (χ0n) is 8.23. The number of rotatable bonds is 3. The van der Waals surface area contributed by atoms with Gasteiger partial charge in [-0.05, 0) is 40.8 Å². The molecule has 82 valence electrons. The van der Waals surface area contributed by atoms with Gasteiger partial charge in [-0.15, -0.1) is 0 Å². The van der Waals surface area contributed by atoms with E-state index in [4.69, 9.17) is 5.73 Å². The van der Waals surface area contributed by atoms with Gasteiger partial charge >= 0.3 is 0 Å². The van der Waals surface area contributed by atoms with Crippen LogP contribution in [-0.4, -0.2) is 16.3 Å². The Morgan fingerprint density at radius 3 is 2.67 bits per heavy atom. The number of nitrogens with two attached hydrogens (primary N) is 1. The van der Waals surface area contributed by atoms with Gasteiger partial charge in [-0.2, -0.15) is 0 Å². The topological polar surface area (TPSA) is 66.5 Å². The molecule has 0 amide bonds. The minimum atomic E-state index is -0.551. The fraction of sp³-hybridized carbons (Fsp3) is 0.455. The van der Waals surface area contributed by atoms with Gasteiger partial charge in [0.1, 0.15) is 5.75 Å². The highest BCUT2D eigenvalue weighted by molar-refractivity contribution is 9.10. The van der Waals surface area contributed by atoms with Crippen molar-refractivity contribution in [2.24, 2.45) is 11.7 Å². The molecule has 4 heteroatoms. The Labute approximate surface area is 97.0 Å². The molecule has 0 spiro atoms. The third kappa shape index (κ3) is 2.17.